The van der Waals surface area contributed by atoms with Gasteiger partial charge in [0, 0.05) is 31.2 Å². The van der Waals surface area contributed by atoms with Crippen LogP contribution in [0.3, 0.4) is 0 Å². The number of hydrogen-bond donors (Lipinski definition) is 2. The maximum absolute atomic E-state index is 11.5. The van der Waals surface area contributed by atoms with Crippen LogP contribution in [0.15, 0.2) is 0 Å². The van der Waals surface area contributed by atoms with Crippen LogP contribution >= 0.6 is 11.8 Å². The molecule has 0 aromatic rings. The summed E-state index contributed by atoms with van der Waals surface area (Å²) in [6.07, 6.45) is 0. The first-order valence-electron chi connectivity index (χ1n) is 5.01. The molecule has 1 aliphatic rings. The van der Waals surface area contributed by atoms with E-state index >= 15 is 0 Å². The van der Waals surface area contributed by atoms with Gasteiger partial charge in [-0.2, -0.15) is 11.8 Å². The largest absolute Gasteiger partial charge is 0.380 e. The van der Waals surface area contributed by atoms with Gasteiger partial charge in [0.05, 0.1) is 12.6 Å². The summed E-state index contributed by atoms with van der Waals surface area (Å²) in [5.74, 6) is 2.07. The van der Waals surface area contributed by atoms with E-state index in [4.69, 9.17) is 4.74 Å². The molecule has 1 atom stereocenters. The van der Waals surface area contributed by atoms with Gasteiger partial charge < -0.3 is 15.4 Å². The number of carbonyl (C=O) groups excluding carboxylic acids is 1. The summed E-state index contributed by atoms with van der Waals surface area (Å²) in [6.45, 7) is 4.78. The number of amides is 1. The third-order valence-corrected chi connectivity index (χ3v) is 3.05. The van der Waals surface area contributed by atoms with Crippen molar-refractivity contribution in [1.29, 1.82) is 0 Å². The van der Waals surface area contributed by atoms with Gasteiger partial charge in [-0.05, 0) is 6.92 Å². The van der Waals surface area contributed by atoms with Crippen LogP contribution < -0.4 is 10.6 Å². The zero-order valence-corrected chi connectivity index (χ0v) is 9.36. The Morgan fingerprint density at radius 3 is 3.21 bits per heavy atom. The van der Waals surface area contributed by atoms with Crippen molar-refractivity contribution in [2.75, 3.05) is 37.8 Å². The molecule has 1 saturated heterocycles. The molecule has 82 valence electrons. The van der Waals surface area contributed by atoms with E-state index in [0.29, 0.717) is 19.8 Å². The van der Waals surface area contributed by atoms with Crippen molar-refractivity contribution < 1.29 is 9.53 Å². The Balaban J connectivity index is 2.07. The summed E-state index contributed by atoms with van der Waals surface area (Å²) in [4.78, 5) is 11.5. The van der Waals surface area contributed by atoms with Crippen LogP contribution in [0.2, 0.25) is 0 Å². The van der Waals surface area contributed by atoms with Crippen LogP contribution in [0.5, 0.6) is 0 Å². The molecule has 2 N–H and O–H groups in total. The van der Waals surface area contributed by atoms with Gasteiger partial charge in [-0.3, -0.25) is 4.79 Å². The zero-order chi connectivity index (χ0) is 10.2. The van der Waals surface area contributed by atoms with Crippen LogP contribution in [0.25, 0.3) is 0 Å². The topological polar surface area (TPSA) is 50.4 Å². The van der Waals surface area contributed by atoms with Gasteiger partial charge in [-0.25, -0.2) is 0 Å². The predicted molar refractivity (Wildman–Crippen MR) is 58.6 cm³/mol. The maximum Gasteiger partial charge on any atom is 0.238 e. The summed E-state index contributed by atoms with van der Waals surface area (Å²) in [5.41, 5.74) is 0. The second-order valence-electron chi connectivity index (χ2n) is 3.07. The minimum Gasteiger partial charge on any atom is -0.380 e. The standard InChI is InChI=1S/C9H18N2O2S/c1-2-13-5-3-11-9(12)8-7-14-6-4-10-8/h8,10H,2-7H2,1H3,(H,11,12). The number of carbonyl (C=O) groups is 1. The molecule has 1 fully saturated rings. The number of hydrogen-bond acceptors (Lipinski definition) is 4. The quantitative estimate of drug-likeness (QED) is 0.630. The second-order valence-corrected chi connectivity index (χ2v) is 4.22. The molecular weight excluding hydrogens is 200 g/mol. The highest BCUT2D eigenvalue weighted by molar-refractivity contribution is 7.99. The third-order valence-electron chi connectivity index (χ3n) is 1.99. The molecular formula is C9H18N2O2S. The summed E-state index contributed by atoms with van der Waals surface area (Å²) in [7, 11) is 0. The van der Waals surface area contributed by atoms with Crippen molar-refractivity contribution in [1.82, 2.24) is 10.6 Å². The van der Waals surface area contributed by atoms with Crippen LogP contribution in [-0.2, 0) is 9.53 Å². The fourth-order valence-electron chi connectivity index (χ4n) is 1.25. The van der Waals surface area contributed by atoms with Crippen molar-refractivity contribution in [2.45, 2.75) is 13.0 Å². The highest BCUT2D eigenvalue weighted by atomic mass is 32.2. The summed E-state index contributed by atoms with van der Waals surface area (Å²) < 4.78 is 5.13. The molecule has 0 bridgehead atoms. The van der Waals surface area contributed by atoms with Gasteiger partial charge in [-0.1, -0.05) is 0 Å². The third kappa shape index (κ3) is 4.30. The van der Waals surface area contributed by atoms with Crippen molar-refractivity contribution in [2.24, 2.45) is 0 Å². The number of nitrogens with one attached hydrogen (secondary N) is 2. The van der Waals surface area contributed by atoms with Gasteiger partial charge in [0.25, 0.3) is 0 Å². The minimum atomic E-state index is -0.0182. The molecule has 1 heterocycles. The van der Waals surface area contributed by atoms with E-state index < -0.39 is 0 Å². The lowest BCUT2D eigenvalue weighted by atomic mass is 10.3. The molecule has 1 unspecified atom stereocenters. The Bertz CT molecular complexity index is 172. The second kappa shape index (κ2) is 7.09. The molecule has 5 heteroatoms. The van der Waals surface area contributed by atoms with Gasteiger partial charge in [0.15, 0.2) is 0 Å². The smallest absolute Gasteiger partial charge is 0.238 e. The normalized spacial score (nSPS) is 21.9. The summed E-state index contributed by atoms with van der Waals surface area (Å²) in [6, 6.07) is -0.0182. The zero-order valence-electron chi connectivity index (χ0n) is 8.54. The molecule has 0 aliphatic carbocycles. The molecule has 0 aromatic heterocycles. The molecule has 1 aliphatic heterocycles. The fourth-order valence-corrected chi connectivity index (χ4v) is 2.18. The number of ether oxygens (including phenoxy) is 1. The van der Waals surface area contributed by atoms with Crippen molar-refractivity contribution >= 4 is 17.7 Å². The lowest BCUT2D eigenvalue weighted by molar-refractivity contribution is -0.122. The average molecular weight is 218 g/mol. The molecule has 0 aromatic carbocycles. The molecule has 0 saturated carbocycles. The van der Waals surface area contributed by atoms with Crippen molar-refractivity contribution in [3.8, 4) is 0 Å². The highest BCUT2D eigenvalue weighted by Gasteiger charge is 2.19. The molecule has 14 heavy (non-hydrogen) atoms. The SMILES string of the molecule is CCOCCNC(=O)C1CSCCN1. The molecule has 0 radical (unpaired) electrons. The van der Waals surface area contributed by atoms with Crippen LogP contribution in [0, 0.1) is 0 Å². The summed E-state index contributed by atoms with van der Waals surface area (Å²) >= 11 is 1.82. The molecule has 1 rings (SSSR count). The van der Waals surface area contributed by atoms with Gasteiger partial charge in [0.2, 0.25) is 5.91 Å². The molecule has 1 amide bonds. The highest BCUT2D eigenvalue weighted by Crippen LogP contribution is 2.07. The summed E-state index contributed by atoms with van der Waals surface area (Å²) in [5, 5.41) is 6.03. The van der Waals surface area contributed by atoms with E-state index in [-0.39, 0.29) is 11.9 Å². The molecule has 0 spiro atoms. The average Bonchev–Trinajstić information content (AvgIpc) is 2.25. The first-order chi connectivity index (χ1) is 6.84. The van der Waals surface area contributed by atoms with Gasteiger partial charge in [0.1, 0.15) is 0 Å². The van der Waals surface area contributed by atoms with Crippen LogP contribution in [0.1, 0.15) is 6.92 Å². The molecule has 4 nitrogen and oxygen atoms in total. The van der Waals surface area contributed by atoms with Crippen molar-refractivity contribution in [3.63, 3.8) is 0 Å². The Labute approximate surface area is 89.2 Å². The minimum absolute atomic E-state index is 0.0182. The van der Waals surface area contributed by atoms with E-state index in [1.54, 1.807) is 0 Å². The van der Waals surface area contributed by atoms with E-state index in [1.807, 2.05) is 18.7 Å². The van der Waals surface area contributed by atoms with E-state index in [2.05, 4.69) is 10.6 Å². The predicted octanol–water partition coefficient (Wildman–Crippen LogP) is -0.156. The lowest BCUT2D eigenvalue weighted by Crippen LogP contribution is -2.49. The van der Waals surface area contributed by atoms with Crippen molar-refractivity contribution in [3.05, 3.63) is 0 Å². The Kier molecular flexibility index (Phi) is 5.98. The van der Waals surface area contributed by atoms with Crippen LogP contribution in [-0.4, -0.2) is 49.8 Å². The van der Waals surface area contributed by atoms with Crippen LogP contribution in [0.4, 0.5) is 0 Å². The van der Waals surface area contributed by atoms with Gasteiger partial charge >= 0.3 is 0 Å². The number of thioether (sulfide) groups is 1. The Morgan fingerprint density at radius 2 is 2.57 bits per heavy atom. The first kappa shape index (κ1) is 11.8. The Morgan fingerprint density at radius 1 is 1.71 bits per heavy atom. The van der Waals surface area contributed by atoms with Gasteiger partial charge in [-0.15, -0.1) is 0 Å². The maximum atomic E-state index is 11.5. The van der Waals surface area contributed by atoms with E-state index in [9.17, 15) is 4.79 Å². The lowest BCUT2D eigenvalue weighted by Gasteiger charge is -2.22. The monoisotopic (exact) mass is 218 g/mol. The number of rotatable bonds is 5. The fraction of sp³-hybridized carbons (Fsp3) is 0.889. The van der Waals surface area contributed by atoms with E-state index in [1.165, 1.54) is 0 Å². The Hall–Kier alpha value is -0.260. The van der Waals surface area contributed by atoms with E-state index in [0.717, 1.165) is 18.1 Å². The first-order valence-corrected chi connectivity index (χ1v) is 6.16.